The van der Waals surface area contributed by atoms with E-state index in [4.69, 9.17) is 16.3 Å². The van der Waals surface area contributed by atoms with Crippen molar-refractivity contribution in [3.8, 4) is 5.75 Å². The van der Waals surface area contributed by atoms with E-state index in [2.05, 4.69) is 18.2 Å². The van der Waals surface area contributed by atoms with Gasteiger partial charge in [0.25, 0.3) is 15.2 Å². The lowest BCUT2D eigenvalue weighted by Crippen LogP contribution is -2.24. The highest BCUT2D eigenvalue weighted by Gasteiger charge is 2.35. The predicted octanol–water partition coefficient (Wildman–Crippen LogP) is 4.01. The highest BCUT2D eigenvalue weighted by molar-refractivity contribution is 7.69. The molecule has 0 spiro atoms. The average molecular weight is 259 g/mol. The van der Waals surface area contributed by atoms with Gasteiger partial charge in [-0.15, -0.1) is 4.37 Å². The van der Waals surface area contributed by atoms with Crippen molar-refractivity contribution >= 4 is 42.7 Å². The summed E-state index contributed by atoms with van der Waals surface area (Å²) in [5, 5.41) is 0.805. The van der Waals surface area contributed by atoms with Gasteiger partial charge < -0.3 is 4.74 Å². The lowest BCUT2D eigenvalue weighted by atomic mass is 10.0. The fourth-order valence-electron chi connectivity index (χ4n) is 1.89. The van der Waals surface area contributed by atoms with Gasteiger partial charge in [0.2, 0.25) is 0 Å². The number of hydrogen-bond donors (Lipinski definition) is 0. The van der Waals surface area contributed by atoms with Gasteiger partial charge in [-0.05, 0) is 13.8 Å². The van der Waals surface area contributed by atoms with Crippen LogP contribution in [0.25, 0.3) is 10.2 Å². The third-order valence-corrected chi connectivity index (χ3v) is 4.65. The van der Waals surface area contributed by atoms with Crippen molar-refractivity contribution in [1.82, 2.24) is 4.37 Å². The largest absolute Gasteiger partial charge is 0.485 e. The number of halogens is 1. The Kier molecular flexibility index (Phi) is 1.97. The van der Waals surface area contributed by atoms with Gasteiger partial charge >= 0.3 is 10.3 Å². The Morgan fingerprint density at radius 1 is 1.60 bits per heavy atom. The topological polar surface area (TPSA) is 22.1 Å². The third kappa shape index (κ3) is 1.43. The Morgan fingerprint density at radius 2 is 2.40 bits per heavy atom. The van der Waals surface area contributed by atoms with E-state index < -0.39 is 0 Å². The highest BCUT2D eigenvalue weighted by atomic mass is 35.5. The second-order valence-electron chi connectivity index (χ2n) is 4.30. The number of hydrogen-bond acceptors (Lipinski definition) is 3. The maximum atomic E-state index is 6.24. The summed E-state index contributed by atoms with van der Waals surface area (Å²) >= 11 is 6.24. The molecule has 5 heteroatoms. The number of ether oxygens (including phenoxy) is 1. The van der Waals surface area contributed by atoms with Gasteiger partial charge in [0.05, 0.1) is 5.02 Å². The van der Waals surface area contributed by atoms with Gasteiger partial charge in [0.1, 0.15) is 5.60 Å². The smallest absolute Gasteiger partial charge is 0.323 e. The summed E-state index contributed by atoms with van der Waals surface area (Å²) in [4.78, 5) is 0. The molecule has 15 heavy (non-hydrogen) atoms. The molecule has 78 valence electrons. The number of fused-ring (bicyclic) bond motifs is 3. The molecule has 2 nitrogen and oxygen atoms in total. The average Bonchev–Trinajstić information content (AvgIpc) is 2.67. The van der Waals surface area contributed by atoms with E-state index in [1.54, 1.807) is 10.3 Å². The summed E-state index contributed by atoms with van der Waals surface area (Å²) in [5.74, 6) is 0.889. The highest BCUT2D eigenvalue weighted by Crippen LogP contribution is 2.45. The van der Waals surface area contributed by atoms with Crippen molar-refractivity contribution in [3.05, 3.63) is 16.7 Å². The van der Waals surface area contributed by atoms with Gasteiger partial charge in [-0.2, -0.15) is 0 Å². The zero-order valence-corrected chi connectivity index (χ0v) is 10.7. The fraction of sp³-hybridized carbons (Fsp3) is 0.400. The van der Waals surface area contributed by atoms with Gasteiger partial charge in [-0.3, -0.25) is 0 Å². The maximum absolute atomic E-state index is 6.24. The van der Waals surface area contributed by atoms with Crippen LogP contribution in [0.2, 0.25) is 5.02 Å². The van der Waals surface area contributed by atoms with E-state index in [1.807, 2.05) is 6.07 Å². The second kappa shape index (κ2) is 3.03. The molecule has 0 saturated heterocycles. The van der Waals surface area contributed by atoms with Crippen LogP contribution in [0.1, 0.15) is 19.4 Å². The molecule has 1 aromatic heterocycles. The Morgan fingerprint density at radius 3 is 3.20 bits per heavy atom. The van der Waals surface area contributed by atoms with Crippen LogP contribution in [0.3, 0.4) is 0 Å². The Bertz CT molecular complexity index is 550. The van der Waals surface area contributed by atoms with Crippen molar-refractivity contribution in [2.24, 2.45) is 0 Å². The minimum absolute atomic E-state index is 0.158. The first kappa shape index (κ1) is 9.75. The molecule has 2 aromatic rings. The molecule has 0 fully saturated rings. The molecule has 0 bridgehead atoms. The van der Waals surface area contributed by atoms with Crippen molar-refractivity contribution in [1.29, 1.82) is 0 Å². The molecule has 2 heterocycles. The van der Waals surface area contributed by atoms with E-state index in [0.717, 1.165) is 33.0 Å². The van der Waals surface area contributed by atoms with Gasteiger partial charge in [0.15, 0.2) is 11.3 Å². The molecule has 1 aliphatic rings. The van der Waals surface area contributed by atoms with Crippen LogP contribution < -0.4 is 4.74 Å². The van der Waals surface area contributed by atoms with E-state index in [1.165, 1.54) is 10.5 Å². The third-order valence-electron chi connectivity index (χ3n) is 2.51. The lowest BCUT2D eigenvalue weighted by Gasteiger charge is -2.16. The minimum Gasteiger partial charge on any atom is -0.485 e. The van der Waals surface area contributed by atoms with Crippen molar-refractivity contribution in [2.75, 3.05) is 0 Å². The summed E-state index contributed by atoms with van der Waals surface area (Å²) in [5.41, 5.74) is 1.91. The molecule has 0 unspecified atom stereocenters. The molecule has 3 rings (SSSR count). The second-order valence-corrected chi connectivity index (χ2v) is 6.59. The molecule has 0 N–H and O–H groups in total. The van der Waals surface area contributed by atoms with Crippen LogP contribution in [-0.2, 0) is 6.42 Å². The molecular formula is C10H9ClNOS2+. The normalized spacial score (nSPS) is 17.8. The summed E-state index contributed by atoms with van der Waals surface area (Å²) in [6.07, 6.45) is 0.860. The Hall–Kier alpha value is -0.450. The fourth-order valence-corrected chi connectivity index (χ4v) is 3.99. The molecule has 0 amide bonds. The number of rotatable bonds is 0. The molecule has 0 aliphatic carbocycles. The zero-order chi connectivity index (χ0) is 10.6. The first-order valence-electron chi connectivity index (χ1n) is 4.66. The number of benzene rings is 1. The molecule has 0 saturated carbocycles. The van der Waals surface area contributed by atoms with Crippen LogP contribution in [0, 0.1) is 0 Å². The van der Waals surface area contributed by atoms with E-state index in [9.17, 15) is 0 Å². The van der Waals surface area contributed by atoms with Crippen LogP contribution in [0.5, 0.6) is 5.75 Å². The van der Waals surface area contributed by atoms with Crippen LogP contribution >= 0.6 is 32.5 Å². The molecule has 1 aromatic carbocycles. The first-order chi connectivity index (χ1) is 7.07. The van der Waals surface area contributed by atoms with Crippen LogP contribution in [0.4, 0.5) is 0 Å². The Balaban J connectivity index is 2.34. The summed E-state index contributed by atoms with van der Waals surface area (Å²) in [7, 11) is 3.11. The molecule has 0 atom stereocenters. The predicted molar refractivity (Wildman–Crippen MR) is 65.3 cm³/mol. The van der Waals surface area contributed by atoms with Gasteiger partial charge in [-0.1, -0.05) is 11.6 Å². The summed E-state index contributed by atoms with van der Waals surface area (Å²) < 4.78 is 11.4. The van der Waals surface area contributed by atoms with E-state index >= 15 is 0 Å². The van der Waals surface area contributed by atoms with E-state index in [-0.39, 0.29) is 5.60 Å². The van der Waals surface area contributed by atoms with Crippen molar-refractivity contribution in [2.45, 2.75) is 25.9 Å². The summed E-state index contributed by atoms with van der Waals surface area (Å²) in [6.45, 7) is 4.15. The molecule has 0 radical (unpaired) electrons. The molecule has 1 aliphatic heterocycles. The monoisotopic (exact) mass is 258 g/mol. The summed E-state index contributed by atoms with van der Waals surface area (Å²) in [6, 6.07) is 1.99. The maximum Gasteiger partial charge on any atom is 0.323 e. The van der Waals surface area contributed by atoms with Crippen LogP contribution in [-0.4, -0.2) is 9.97 Å². The first-order valence-corrected chi connectivity index (χ1v) is 7.14. The van der Waals surface area contributed by atoms with Gasteiger partial charge in [0, 0.05) is 18.1 Å². The van der Waals surface area contributed by atoms with Crippen molar-refractivity contribution in [3.63, 3.8) is 0 Å². The quantitative estimate of drug-likeness (QED) is 0.526. The number of nitrogens with zero attached hydrogens (tertiary/aromatic N) is 1. The molecular weight excluding hydrogens is 250 g/mol. The van der Waals surface area contributed by atoms with Crippen molar-refractivity contribution < 1.29 is 4.74 Å². The van der Waals surface area contributed by atoms with E-state index in [0.29, 0.717) is 0 Å². The SMILES string of the molecule is CC1(C)Cc2c(Cl)cc3[s+]snc3c2O1. The minimum atomic E-state index is -0.158. The van der Waals surface area contributed by atoms with Gasteiger partial charge in [-0.25, -0.2) is 0 Å². The Labute approximate surface area is 100 Å². The lowest BCUT2D eigenvalue weighted by molar-refractivity contribution is 0.140. The number of aromatic nitrogens is 1. The zero-order valence-electron chi connectivity index (χ0n) is 8.33. The van der Waals surface area contributed by atoms with Crippen LogP contribution in [0.15, 0.2) is 6.07 Å². The standard InChI is InChI=1S/C10H9ClNOS2/c1-10(2)4-5-6(11)3-7-8(9(5)13-10)12-15-14-7/h3H,4H2,1-2H3/q+1.